The normalized spacial score (nSPS) is 22.3. The van der Waals surface area contributed by atoms with Crippen molar-refractivity contribution < 1.29 is 4.74 Å². The second-order valence-electron chi connectivity index (χ2n) is 4.95. The highest BCUT2D eigenvalue weighted by atomic mass is 16.5. The lowest BCUT2D eigenvalue weighted by Gasteiger charge is -2.13. The van der Waals surface area contributed by atoms with Crippen LogP contribution < -0.4 is 10.5 Å². The summed E-state index contributed by atoms with van der Waals surface area (Å²) >= 11 is 0. The molecular weight excluding hydrogens is 210 g/mol. The molecule has 2 nitrogen and oxygen atoms in total. The Labute approximate surface area is 104 Å². The molecule has 2 rings (SSSR count). The van der Waals surface area contributed by atoms with E-state index in [1.807, 2.05) is 0 Å². The zero-order chi connectivity index (χ0) is 12.3. The van der Waals surface area contributed by atoms with Crippen molar-refractivity contribution in [3.05, 3.63) is 29.3 Å². The maximum absolute atomic E-state index is 6.25. The fraction of sp³-hybridized carbons (Fsp3) is 0.600. The third-order valence-electron chi connectivity index (χ3n) is 3.50. The molecule has 17 heavy (non-hydrogen) atoms. The first-order chi connectivity index (χ1) is 8.26. The van der Waals surface area contributed by atoms with E-state index in [0.717, 1.165) is 25.0 Å². The van der Waals surface area contributed by atoms with Crippen LogP contribution in [0.5, 0.6) is 5.75 Å². The van der Waals surface area contributed by atoms with Gasteiger partial charge < -0.3 is 10.5 Å². The molecule has 94 valence electrons. The van der Waals surface area contributed by atoms with Gasteiger partial charge in [0.1, 0.15) is 11.9 Å². The molecule has 2 N–H and O–H groups in total. The van der Waals surface area contributed by atoms with Crippen LogP contribution in [0.3, 0.4) is 0 Å². The highest BCUT2D eigenvalue weighted by Gasteiger charge is 2.30. The zero-order valence-electron chi connectivity index (χ0n) is 10.9. The number of unbranched alkanes of at least 4 members (excludes halogenated alkanes) is 1. The summed E-state index contributed by atoms with van der Waals surface area (Å²) in [6.07, 6.45) is 5.96. The number of rotatable bonds is 5. The summed E-state index contributed by atoms with van der Waals surface area (Å²) in [6, 6.07) is 6.57. The van der Waals surface area contributed by atoms with Crippen molar-refractivity contribution in [1.29, 1.82) is 0 Å². The molecule has 0 radical (unpaired) electrons. The molecule has 0 spiro atoms. The van der Waals surface area contributed by atoms with Crippen molar-refractivity contribution >= 4 is 0 Å². The number of hydrogen-bond acceptors (Lipinski definition) is 2. The highest BCUT2D eigenvalue weighted by Crippen LogP contribution is 2.37. The smallest absolute Gasteiger partial charge is 0.124 e. The fourth-order valence-electron chi connectivity index (χ4n) is 2.46. The monoisotopic (exact) mass is 233 g/mol. The Balaban J connectivity index is 2.13. The van der Waals surface area contributed by atoms with Gasteiger partial charge in [-0.05, 0) is 30.9 Å². The molecule has 0 saturated carbocycles. The molecule has 0 amide bonds. The number of fused-ring (bicyclic) bond motifs is 1. The molecule has 2 heteroatoms. The predicted octanol–water partition coefficient (Wildman–Crippen LogP) is 3.59. The van der Waals surface area contributed by atoms with Crippen LogP contribution in [0.1, 0.15) is 56.7 Å². The lowest BCUT2D eigenvalue weighted by atomic mass is 9.98. The quantitative estimate of drug-likeness (QED) is 0.843. The standard InChI is InChI=1S/C15H23NO/c1-3-5-7-11-8-9-13-12(10-11)15(16)14(17-13)6-4-2/h8-10,14-15H,3-7,16H2,1-2H3. The van der Waals surface area contributed by atoms with E-state index in [2.05, 4.69) is 32.0 Å². The van der Waals surface area contributed by atoms with Crippen LogP contribution >= 0.6 is 0 Å². The Morgan fingerprint density at radius 2 is 2.06 bits per heavy atom. The van der Waals surface area contributed by atoms with E-state index >= 15 is 0 Å². The van der Waals surface area contributed by atoms with E-state index in [0.29, 0.717) is 0 Å². The Hall–Kier alpha value is -1.02. The van der Waals surface area contributed by atoms with Gasteiger partial charge in [0, 0.05) is 5.56 Å². The number of hydrogen-bond donors (Lipinski definition) is 1. The van der Waals surface area contributed by atoms with Crippen molar-refractivity contribution in [1.82, 2.24) is 0 Å². The molecule has 0 bridgehead atoms. The fourth-order valence-corrected chi connectivity index (χ4v) is 2.46. The number of nitrogens with two attached hydrogens (primary N) is 1. The first kappa shape index (κ1) is 12.4. The number of aryl methyl sites for hydroxylation is 1. The van der Waals surface area contributed by atoms with E-state index in [4.69, 9.17) is 10.5 Å². The molecule has 0 aliphatic carbocycles. The van der Waals surface area contributed by atoms with E-state index < -0.39 is 0 Å². The van der Waals surface area contributed by atoms with Crippen LogP contribution in [-0.2, 0) is 6.42 Å². The highest BCUT2D eigenvalue weighted by molar-refractivity contribution is 5.43. The largest absolute Gasteiger partial charge is 0.488 e. The molecule has 0 aromatic heterocycles. The van der Waals surface area contributed by atoms with E-state index in [1.165, 1.54) is 24.0 Å². The topological polar surface area (TPSA) is 35.2 Å². The Bertz CT molecular complexity index is 375. The van der Waals surface area contributed by atoms with Crippen molar-refractivity contribution in [2.24, 2.45) is 5.73 Å². The minimum atomic E-state index is 0.0616. The summed E-state index contributed by atoms with van der Waals surface area (Å²) in [4.78, 5) is 0. The van der Waals surface area contributed by atoms with Gasteiger partial charge in [0.25, 0.3) is 0 Å². The summed E-state index contributed by atoms with van der Waals surface area (Å²) in [5, 5.41) is 0. The maximum atomic E-state index is 6.25. The van der Waals surface area contributed by atoms with Crippen LogP contribution in [0.2, 0.25) is 0 Å². The van der Waals surface area contributed by atoms with Gasteiger partial charge in [-0.2, -0.15) is 0 Å². The van der Waals surface area contributed by atoms with Gasteiger partial charge in [0.05, 0.1) is 6.04 Å². The molecule has 1 aromatic rings. The molecule has 1 aliphatic rings. The molecule has 2 unspecified atom stereocenters. The second-order valence-corrected chi connectivity index (χ2v) is 4.95. The molecule has 2 atom stereocenters. The van der Waals surface area contributed by atoms with Gasteiger partial charge in [0.2, 0.25) is 0 Å². The summed E-state index contributed by atoms with van der Waals surface area (Å²) < 4.78 is 5.89. The molecule has 0 fully saturated rings. The minimum absolute atomic E-state index is 0.0616. The van der Waals surface area contributed by atoms with Crippen LogP contribution in [0.4, 0.5) is 0 Å². The van der Waals surface area contributed by atoms with Gasteiger partial charge in [-0.1, -0.05) is 38.8 Å². The van der Waals surface area contributed by atoms with Crippen LogP contribution in [-0.4, -0.2) is 6.10 Å². The Morgan fingerprint density at radius 3 is 2.76 bits per heavy atom. The van der Waals surface area contributed by atoms with E-state index in [9.17, 15) is 0 Å². The SMILES string of the molecule is CCCCc1ccc2c(c1)C(N)C(CCC)O2. The molecule has 0 saturated heterocycles. The molecule has 1 aliphatic heterocycles. The first-order valence-electron chi connectivity index (χ1n) is 6.81. The lowest BCUT2D eigenvalue weighted by molar-refractivity contribution is 0.195. The van der Waals surface area contributed by atoms with Crippen molar-refractivity contribution in [2.75, 3.05) is 0 Å². The Morgan fingerprint density at radius 1 is 1.24 bits per heavy atom. The maximum Gasteiger partial charge on any atom is 0.124 e. The zero-order valence-corrected chi connectivity index (χ0v) is 10.9. The Kier molecular flexibility index (Phi) is 4.06. The average Bonchev–Trinajstić information content (AvgIpc) is 2.65. The van der Waals surface area contributed by atoms with Crippen LogP contribution in [0, 0.1) is 0 Å². The van der Waals surface area contributed by atoms with Gasteiger partial charge in [-0.15, -0.1) is 0 Å². The molecule has 1 aromatic carbocycles. The van der Waals surface area contributed by atoms with E-state index in [1.54, 1.807) is 0 Å². The van der Waals surface area contributed by atoms with Crippen LogP contribution in [0.15, 0.2) is 18.2 Å². The average molecular weight is 233 g/mol. The lowest BCUT2D eigenvalue weighted by Crippen LogP contribution is -2.24. The molecular formula is C15H23NO. The van der Waals surface area contributed by atoms with E-state index in [-0.39, 0.29) is 12.1 Å². The van der Waals surface area contributed by atoms with Gasteiger partial charge in [-0.3, -0.25) is 0 Å². The van der Waals surface area contributed by atoms with Gasteiger partial charge in [0.15, 0.2) is 0 Å². The summed E-state index contributed by atoms with van der Waals surface area (Å²) in [7, 11) is 0. The summed E-state index contributed by atoms with van der Waals surface area (Å²) in [5.41, 5.74) is 8.85. The van der Waals surface area contributed by atoms with Gasteiger partial charge >= 0.3 is 0 Å². The van der Waals surface area contributed by atoms with Crippen molar-refractivity contribution in [2.45, 2.75) is 58.1 Å². The second kappa shape index (κ2) is 5.54. The number of benzene rings is 1. The first-order valence-corrected chi connectivity index (χ1v) is 6.81. The van der Waals surface area contributed by atoms with Crippen LogP contribution in [0.25, 0.3) is 0 Å². The predicted molar refractivity (Wildman–Crippen MR) is 71.3 cm³/mol. The molecule has 1 heterocycles. The van der Waals surface area contributed by atoms with Gasteiger partial charge in [-0.25, -0.2) is 0 Å². The van der Waals surface area contributed by atoms with Crippen molar-refractivity contribution in [3.63, 3.8) is 0 Å². The summed E-state index contributed by atoms with van der Waals surface area (Å²) in [5.74, 6) is 0.996. The van der Waals surface area contributed by atoms with Crippen molar-refractivity contribution in [3.8, 4) is 5.75 Å². The third-order valence-corrected chi connectivity index (χ3v) is 3.50. The number of ether oxygens (including phenoxy) is 1. The summed E-state index contributed by atoms with van der Waals surface area (Å²) in [6.45, 7) is 4.39. The minimum Gasteiger partial charge on any atom is -0.488 e. The third kappa shape index (κ3) is 2.63.